The molecule has 1 atom stereocenters. The average Bonchev–Trinajstić information content (AvgIpc) is 3.08. The summed E-state index contributed by atoms with van der Waals surface area (Å²) in [5.41, 5.74) is 0.435. The number of carbonyl (C=O) groups excluding carboxylic acids is 1. The first-order valence-electron chi connectivity index (χ1n) is 7.58. The standard InChI is InChI=1S/C16H22N2O4S/c1-3-11-22-13(2)16(19)17-14-7-6-8-15(12-14)23(20,21)18-9-4-5-10-18/h3,6-8,12-13H,1,4-5,9-11H2,2H3,(H,17,19)/t13-/m1/s1. The van der Waals surface area contributed by atoms with Crippen LogP contribution in [0.1, 0.15) is 19.8 Å². The Balaban J connectivity index is 2.10. The third kappa shape index (κ3) is 4.40. The van der Waals surface area contributed by atoms with Gasteiger partial charge in [0.15, 0.2) is 0 Å². The molecule has 0 radical (unpaired) electrons. The number of amides is 1. The Labute approximate surface area is 137 Å². The number of nitrogens with one attached hydrogen (secondary N) is 1. The number of sulfonamides is 1. The molecule has 1 aromatic carbocycles. The number of ether oxygens (including phenoxy) is 1. The van der Waals surface area contributed by atoms with Gasteiger partial charge in [0.25, 0.3) is 5.91 Å². The quantitative estimate of drug-likeness (QED) is 0.772. The zero-order chi connectivity index (χ0) is 16.9. The van der Waals surface area contributed by atoms with E-state index < -0.39 is 16.1 Å². The highest BCUT2D eigenvalue weighted by molar-refractivity contribution is 7.89. The van der Waals surface area contributed by atoms with Gasteiger partial charge >= 0.3 is 0 Å². The van der Waals surface area contributed by atoms with Crippen molar-refractivity contribution in [1.82, 2.24) is 4.31 Å². The van der Waals surface area contributed by atoms with Crippen LogP contribution < -0.4 is 5.32 Å². The second-order valence-electron chi connectivity index (χ2n) is 5.39. The summed E-state index contributed by atoms with van der Waals surface area (Å²) in [6, 6.07) is 6.29. The van der Waals surface area contributed by atoms with Gasteiger partial charge in [0.1, 0.15) is 6.10 Å². The number of anilines is 1. The molecule has 6 nitrogen and oxygen atoms in total. The smallest absolute Gasteiger partial charge is 0.253 e. The van der Waals surface area contributed by atoms with Crippen LogP contribution in [-0.2, 0) is 19.6 Å². The summed E-state index contributed by atoms with van der Waals surface area (Å²) in [6.07, 6.45) is 2.68. The summed E-state index contributed by atoms with van der Waals surface area (Å²) in [6.45, 7) is 6.52. The number of rotatable bonds is 7. The lowest BCUT2D eigenvalue weighted by molar-refractivity contribution is -0.125. The van der Waals surface area contributed by atoms with E-state index in [1.165, 1.54) is 10.4 Å². The van der Waals surface area contributed by atoms with Gasteiger partial charge in [-0.3, -0.25) is 4.79 Å². The Morgan fingerprint density at radius 1 is 1.43 bits per heavy atom. The topological polar surface area (TPSA) is 75.7 Å². The van der Waals surface area contributed by atoms with Gasteiger partial charge in [-0.25, -0.2) is 8.42 Å². The van der Waals surface area contributed by atoms with Crippen molar-refractivity contribution in [3.8, 4) is 0 Å². The fourth-order valence-corrected chi connectivity index (χ4v) is 3.91. The van der Waals surface area contributed by atoms with Gasteiger partial charge in [-0.05, 0) is 38.0 Å². The van der Waals surface area contributed by atoms with Gasteiger partial charge in [-0.1, -0.05) is 12.1 Å². The third-order valence-electron chi connectivity index (χ3n) is 3.64. The maximum atomic E-state index is 12.5. The molecule has 23 heavy (non-hydrogen) atoms. The lowest BCUT2D eigenvalue weighted by Gasteiger charge is -2.17. The molecule has 0 spiro atoms. The van der Waals surface area contributed by atoms with E-state index in [9.17, 15) is 13.2 Å². The lowest BCUT2D eigenvalue weighted by Crippen LogP contribution is -2.29. The Morgan fingerprint density at radius 3 is 2.78 bits per heavy atom. The van der Waals surface area contributed by atoms with Crippen molar-refractivity contribution in [3.05, 3.63) is 36.9 Å². The van der Waals surface area contributed by atoms with Crippen LogP contribution in [0.4, 0.5) is 5.69 Å². The normalized spacial score (nSPS) is 16.9. The van der Waals surface area contributed by atoms with Gasteiger partial charge in [0, 0.05) is 18.8 Å². The predicted molar refractivity (Wildman–Crippen MR) is 88.7 cm³/mol. The highest BCUT2D eigenvalue weighted by Gasteiger charge is 2.27. The SMILES string of the molecule is C=CCO[C@H](C)C(=O)Nc1cccc(S(=O)(=O)N2CCCC2)c1. The van der Waals surface area contributed by atoms with Crippen LogP contribution in [0.3, 0.4) is 0 Å². The van der Waals surface area contributed by atoms with E-state index in [2.05, 4.69) is 11.9 Å². The van der Waals surface area contributed by atoms with Crippen molar-refractivity contribution in [3.63, 3.8) is 0 Å². The molecule has 1 amide bonds. The first kappa shape index (κ1) is 17.7. The van der Waals surface area contributed by atoms with Crippen LogP contribution in [0.2, 0.25) is 0 Å². The van der Waals surface area contributed by atoms with E-state index in [1.54, 1.807) is 31.2 Å². The van der Waals surface area contributed by atoms with Crippen LogP contribution in [0, 0.1) is 0 Å². The van der Waals surface area contributed by atoms with Gasteiger partial charge in [-0.15, -0.1) is 6.58 Å². The largest absolute Gasteiger partial charge is 0.365 e. The second-order valence-corrected chi connectivity index (χ2v) is 7.33. The van der Waals surface area contributed by atoms with Crippen molar-refractivity contribution >= 4 is 21.6 Å². The molecule has 1 N–H and O–H groups in total. The first-order valence-corrected chi connectivity index (χ1v) is 9.02. The molecule has 1 aliphatic rings. The molecule has 1 aliphatic heterocycles. The summed E-state index contributed by atoms with van der Waals surface area (Å²) in [5, 5.41) is 2.67. The monoisotopic (exact) mass is 338 g/mol. The first-order chi connectivity index (χ1) is 10.9. The van der Waals surface area contributed by atoms with E-state index in [1.807, 2.05) is 0 Å². The highest BCUT2D eigenvalue weighted by Crippen LogP contribution is 2.23. The van der Waals surface area contributed by atoms with Gasteiger partial charge in [0.05, 0.1) is 11.5 Å². The molecule has 0 aromatic heterocycles. The van der Waals surface area contributed by atoms with E-state index in [4.69, 9.17) is 4.74 Å². The van der Waals surface area contributed by atoms with E-state index in [-0.39, 0.29) is 17.4 Å². The van der Waals surface area contributed by atoms with E-state index >= 15 is 0 Å². The van der Waals surface area contributed by atoms with Crippen molar-refractivity contribution in [1.29, 1.82) is 0 Å². The second kappa shape index (κ2) is 7.72. The van der Waals surface area contributed by atoms with Crippen LogP contribution in [-0.4, -0.2) is 44.4 Å². The third-order valence-corrected chi connectivity index (χ3v) is 5.53. The van der Waals surface area contributed by atoms with E-state index in [0.717, 1.165) is 12.8 Å². The van der Waals surface area contributed by atoms with E-state index in [0.29, 0.717) is 18.8 Å². The van der Waals surface area contributed by atoms with Crippen molar-refractivity contribution in [2.75, 3.05) is 25.0 Å². The molecule has 126 valence electrons. The zero-order valence-corrected chi connectivity index (χ0v) is 14.0. The maximum Gasteiger partial charge on any atom is 0.253 e. The molecule has 0 unspecified atom stereocenters. The van der Waals surface area contributed by atoms with Crippen molar-refractivity contribution in [2.45, 2.75) is 30.8 Å². The maximum absolute atomic E-state index is 12.5. The van der Waals surface area contributed by atoms with Crippen molar-refractivity contribution in [2.24, 2.45) is 0 Å². The fraction of sp³-hybridized carbons (Fsp3) is 0.438. The number of hydrogen-bond donors (Lipinski definition) is 1. The fourth-order valence-electron chi connectivity index (χ4n) is 2.34. The minimum atomic E-state index is -3.49. The summed E-state index contributed by atoms with van der Waals surface area (Å²) in [5.74, 6) is -0.331. The number of nitrogens with zero attached hydrogens (tertiary/aromatic N) is 1. The Kier molecular flexibility index (Phi) is 5.92. The van der Waals surface area contributed by atoms with Gasteiger partial charge in [0.2, 0.25) is 10.0 Å². The van der Waals surface area contributed by atoms with Crippen LogP contribution >= 0.6 is 0 Å². The molecule has 2 rings (SSSR count). The number of hydrogen-bond acceptors (Lipinski definition) is 4. The molecule has 1 fully saturated rings. The Hall–Kier alpha value is -1.70. The molecule has 7 heteroatoms. The minimum absolute atomic E-state index is 0.192. The van der Waals surface area contributed by atoms with Gasteiger partial charge < -0.3 is 10.1 Å². The molecule has 1 aromatic rings. The minimum Gasteiger partial charge on any atom is -0.365 e. The number of benzene rings is 1. The molecule has 1 heterocycles. The average molecular weight is 338 g/mol. The van der Waals surface area contributed by atoms with Crippen LogP contribution in [0.5, 0.6) is 0 Å². The van der Waals surface area contributed by atoms with Gasteiger partial charge in [-0.2, -0.15) is 4.31 Å². The number of carbonyl (C=O) groups is 1. The summed E-state index contributed by atoms with van der Waals surface area (Å²) in [7, 11) is -3.49. The molecule has 0 aliphatic carbocycles. The summed E-state index contributed by atoms with van der Waals surface area (Å²) in [4.78, 5) is 12.2. The molecule has 1 saturated heterocycles. The Morgan fingerprint density at radius 2 is 2.13 bits per heavy atom. The zero-order valence-electron chi connectivity index (χ0n) is 13.2. The molecular formula is C16H22N2O4S. The highest BCUT2D eigenvalue weighted by atomic mass is 32.2. The lowest BCUT2D eigenvalue weighted by atomic mass is 10.3. The Bertz CT molecular complexity index is 666. The predicted octanol–water partition coefficient (Wildman–Crippen LogP) is 2.00. The van der Waals surface area contributed by atoms with Crippen LogP contribution in [0.15, 0.2) is 41.8 Å². The molecule has 0 saturated carbocycles. The molecule has 0 bridgehead atoms. The van der Waals surface area contributed by atoms with Crippen LogP contribution in [0.25, 0.3) is 0 Å². The summed E-state index contributed by atoms with van der Waals surface area (Å²) < 4.78 is 31.8. The summed E-state index contributed by atoms with van der Waals surface area (Å²) >= 11 is 0. The molecular weight excluding hydrogens is 316 g/mol. The van der Waals surface area contributed by atoms with Crippen molar-refractivity contribution < 1.29 is 17.9 Å².